The van der Waals surface area contributed by atoms with Crippen molar-refractivity contribution in [1.29, 1.82) is 0 Å². The molecular weight excluding hydrogens is 415 g/mol. The van der Waals surface area contributed by atoms with Gasteiger partial charge >= 0.3 is 0 Å². The molecule has 0 spiro atoms. The summed E-state index contributed by atoms with van der Waals surface area (Å²) in [5.41, 5.74) is 3.23. The van der Waals surface area contributed by atoms with Crippen LogP contribution in [0.15, 0.2) is 48.5 Å². The summed E-state index contributed by atoms with van der Waals surface area (Å²) in [6.45, 7) is 13.3. The number of nitrogens with zero attached hydrogens (tertiary/aromatic N) is 1. The van der Waals surface area contributed by atoms with Crippen LogP contribution in [0.5, 0.6) is 0 Å². The number of carbonyl (C=O) groups excluding carboxylic acids is 2. The van der Waals surface area contributed by atoms with E-state index in [9.17, 15) is 14.0 Å². The van der Waals surface area contributed by atoms with Crippen molar-refractivity contribution in [2.75, 3.05) is 6.54 Å². The minimum atomic E-state index is -0.565. The third-order valence-electron chi connectivity index (χ3n) is 5.78. The number of nitrogens with one attached hydrogen (secondary N) is 1. The number of amides is 2. The van der Waals surface area contributed by atoms with Crippen LogP contribution < -0.4 is 5.32 Å². The molecule has 0 radical (unpaired) electrons. The zero-order chi connectivity index (χ0) is 24.6. The molecule has 0 aromatic heterocycles. The molecule has 0 saturated carbocycles. The fourth-order valence-electron chi connectivity index (χ4n) is 3.69. The molecule has 2 rings (SSSR count). The van der Waals surface area contributed by atoms with Crippen LogP contribution in [0.25, 0.3) is 0 Å². The lowest BCUT2D eigenvalue weighted by Crippen LogP contribution is -2.49. The van der Waals surface area contributed by atoms with Gasteiger partial charge in [0.1, 0.15) is 11.9 Å². The lowest BCUT2D eigenvalue weighted by molar-refractivity contribution is -0.141. The van der Waals surface area contributed by atoms with Crippen LogP contribution in [0.2, 0.25) is 0 Å². The molecule has 0 aliphatic heterocycles. The maximum atomic E-state index is 13.4. The highest BCUT2D eigenvalue weighted by atomic mass is 19.1. The number of hydrogen-bond donors (Lipinski definition) is 1. The molecule has 0 saturated heterocycles. The second kappa shape index (κ2) is 12.0. The van der Waals surface area contributed by atoms with Crippen LogP contribution in [0.3, 0.4) is 0 Å². The fourth-order valence-corrected chi connectivity index (χ4v) is 3.69. The van der Waals surface area contributed by atoms with E-state index in [0.717, 1.165) is 11.1 Å². The Morgan fingerprint density at radius 2 is 1.55 bits per heavy atom. The Hall–Kier alpha value is -2.69. The van der Waals surface area contributed by atoms with Crippen LogP contribution in [0.1, 0.15) is 71.1 Å². The summed E-state index contributed by atoms with van der Waals surface area (Å²) in [5, 5.41) is 2.96. The molecule has 2 aromatic rings. The molecule has 0 bridgehead atoms. The minimum absolute atomic E-state index is 0.0780. The first kappa shape index (κ1) is 26.6. The summed E-state index contributed by atoms with van der Waals surface area (Å²) in [7, 11) is 0. The smallest absolute Gasteiger partial charge is 0.242 e. The van der Waals surface area contributed by atoms with E-state index in [0.29, 0.717) is 31.7 Å². The predicted octanol–water partition coefficient (Wildman–Crippen LogP) is 5.64. The first-order valence-electron chi connectivity index (χ1n) is 11.9. The van der Waals surface area contributed by atoms with E-state index in [2.05, 4.69) is 50.4 Å². The molecule has 2 aromatic carbocycles. The molecule has 2 amide bonds. The number of halogens is 1. The zero-order valence-electron chi connectivity index (χ0n) is 21.0. The molecule has 0 aliphatic carbocycles. The maximum absolute atomic E-state index is 13.4. The molecule has 0 fully saturated rings. The molecule has 1 unspecified atom stereocenters. The predicted molar refractivity (Wildman–Crippen MR) is 132 cm³/mol. The maximum Gasteiger partial charge on any atom is 0.242 e. The van der Waals surface area contributed by atoms with E-state index in [1.54, 1.807) is 17.0 Å². The largest absolute Gasteiger partial charge is 0.354 e. The van der Waals surface area contributed by atoms with E-state index in [1.165, 1.54) is 17.7 Å². The van der Waals surface area contributed by atoms with Gasteiger partial charge in [0, 0.05) is 19.5 Å². The Kier molecular flexibility index (Phi) is 9.63. The SMILES string of the molecule is CCC(C(=O)NCC(C)C)N(Cc1ccc(F)cc1)C(=O)CCc1ccc(C(C)(C)C)cc1. The number of benzene rings is 2. The van der Waals surface area contributed by atoms with E-state index >= 15 is 0 Å². The van der Waals surface area contributed by atoms with E-state index < -0.39 is 6.04 Å². The average Bonchev–Trinajstić information content (AvgIpc) is 2.76. The summed E-state index contributed by atoms with van der Waals surface area (Å²) in [6.07, 6.45) is 1.42. The van der Waals surface area contributed by atoms with Gasteiger partial charge in [0.15, 0.2) is 0 Å². The highest BCUT2D eigenvalue weighted by Crippen LogP contribution is 2.23. The van der Waals surface area contributed by atoms with Gasteiger partial charge in [-0.1, -0.05) is 77.9 Å². The monoisotopic (exact) mass is 454 g/mol. The van der Waals surface area contributed by atoms with Crippen molar-refractivity contribution < 1.29 is 14.0 Å². The van der Waals surface area contributed by atoms with Crippen molar-refractivity contribution >= 4 is 11.8 Å². The average molecular weight is 455 g/mol. The van der Waals surface area contributed by atoms with Gasteiger partial charge in [-0.3, -0.25) is 9.59 Å². The standard InChI is InChI=1S/C28H39FN2O2/c1-7-25(27(33)30-18-20(2)3)31(19-22-10-15-24(29)16-11-22)26(32)17-12-21-8-13-23(14-9-21)28(4,5)6/h8-11,13-16,20,25H,7,12,17-19H2,1-6H3,(H,30,33). The van der Waals surface area contributed by atoms with E-state index in [-0.39, 0.29) is 29.6 Å². The van der Waals surface area contributed by atoms with Gasteiger partial charge in [0.25, 0.3) is 0 Å². The third-order valence-corrected chi connectivity index (χ3v) is 5.78. The summed E-state index contributed by atoms with van der Waals surface area (Å²) < 4.78 is 13.4. The van der Waals surface area contributed by atoms with Gasteiger partial charge in [-0.2, -0.15) is 0 Å². The molecule has 33 heavy (non-hydrogen) atoms. The molecule has 180 valence electrons. The lowest BCUT2D eigenvalue weighted by Gasteiger charge is -2.31. The van der Waals surface area contributed by atoms with E-state index in [4.69, 9.17) is 0 Å². The normalized spacial score (nSPS) is 12.5. The molecule has 5 heteroatoms. The molecule has 1 atom stereocenters. The van der Waals surface area contributed by atoms with Crippen LogP contribution in [-0.4, -0.2) is 29.3 Å². The molecule has 0 heterocycles. The summed E-state index contributed by atoms with van der Waals surface area (Å²) in [4.78, 5) is 27.9. The second-order valence-electron chi connectivity index (χ2n) is 10.2. The first-order chi connectivity index (χ1) is 15.5. The Labute approximate surface area is 198 Å². The van der Waals surface area contributed by atoms with Gasteiger partial charge in [-0.05, 0) is 53.0 Å². The molecular formula is C28H39FN2O2. The topological polar surface area (TPSA) is 49.4 Å². The fraction of sp³-hybridized carbons (Fsp3) is 0.500. The van der Waals surface area contributed by atoms with Crippen molar-refractivity contribution in [2.24, 2.45) is 5.92 Å². The van der Waals surface area contributed by atoms with Crippen LogP contribution in [0, 0.1) is 11.7 Å². The van der Waals surface area contributed by atoms with Crippen molar-refractivity contribution in [2.45, 2.75) is 78.8 Å². The van der Waals surface area contributed by atoms with Gasteiger partial charge < -0.3 is 10.2 Å². The Morgan fingerprint density at radius 3 is 2.06 bits per heavy atom. The second-order valence-corrected chi connectivity index (χ2v) is 10.2. The number of aryl methyl sites for hydroxylation is 1. The van der Waals surface area contributed by atoms with Crippen LogP contribution in [0.4, 0.5) is 4.39 Å². The van der Waals surface area contributed by atoms with Crippen LogP contribution in [-0.2, 0) is 28.0 Å². The highest BCUT2D eigenvalue weighted by Gasteiger charge is 2.28. The van der Waals surface area contributed by atoms with Gasteiger partial charge in [-0.15, -0.1) is 0 Å². The van der Waals surface area contributed by atoms with Crippen LogP contribution >= 0.6 is 0 Å². The Balaban J connectivity index is 2.17. The number of carbonyl (C=O) groups is 2. The highest BCUT2D eigenvalue weighted by molar-refractivity contribution is 5.87. The van der Waals surface area contributed by atoms with Gasteiger partial charge in [-0.25, -0.2) is 4.39 Å². The van der Waals surface area contributed by atoms with Crippen molar-refractivity contribution in [3.63, 3.8) is 0 Å². The summed E-state index contributed by atoms with van der Waals surface area (Å²) in [5.74, 6) is -0.220. The Bertz CT molecular complexity index is 899. The number of rotatable bonds is 10. The van der Waals surface area contributed by atoms with Crippen molar-refractivity contribution in [3.05, 3.63) is 71.0 Å². The summed E-state index contributed by atoms with van der Waals surface area (Å²) >= 11 is 0. The molecule has 1 N–H and O–H groups in total. The van der Waals surface area contributed by atoms with Crippen molar-refractivity contribution in [1.82, 2.24) is 10.2 Å². The van der Waals surface area contributed by atoms with Gasteiger partial charge in [0.05, 0.1) is 0 Å². The molecule has 0 aliphatic rings. The molecule has 4 nitrogen and oxygen atoms in total. The van der Waals surface area contributed by atoms with Gasteiger partial charge in [0.2, 0.25) is 11.8 Å². The minimum Gasteiger partial charge on any atom is -0.354 e. The number of hydrogen-bond acceptors (Lipinski definition) is 2. The third kappa shape index (κ3) is 8.30. The summed E-state index contributed by atoms with van der Waals surface area (Å²) in [6, 6.07) is 13.9. The van der Waals surface area contributed by atoms with Crippen molar-refractivity contribution in [3.8, 4) is 0 Å². The Morgan fingerprint density at radius 1 is 0.970 bits per heavy atom. The lowest BCUT2D eigenvalue weighted by atomic mass is 9.86. The van der Waals surface area contributed by atoms with E-state index in [1.807, 2.05) is 20.8 Å². The zero-order valence-corrected chi connectivity index (χ0v) is 21.0. The quantitative estimate of drug-likeness (QED) is 0.505. The first-order valence-corrected chi connectivity index (χ1v) is 11.9.